The molecule has 0 unspecified atom stereocenters. The highest BCUT2D eigenvalue weighted by Crippen LogP contribution is 2.28. The molecule has 2 fully saturated rings. The minimum Gasteiger partial charge on any atom is -0.379 e. The summed E-state index contributed by atoms with van der Waals surface area (Å²) in [5.41, 5.74) is 0. The van der Waals surface area contributed by atoms with E-state index in [4.69, 9.17) is 4.74 Å². The molecule has 0 aromatic rings. The minimum atomic E-state index is 0.00142. The smallest absolute Gasteiger partial charge is 0.237 e. The number of amides is 1. The third kappa shape index (κ3) is 5.49. The lowest BCUT2D eigenvalue weighted by molar-refractivity contribution is -0.126. The summed E-state index contributed by atoms with van der Waals surface area (Å²) in [6, 6.07) is 0.00142. The summed E-state index contributed by atoms with van der Waals surface area (Å²) in [7, 11) is 0. The van der Waals surface area contributed by atoms with Crippen LogP contribution < -0.4 is 5.32 Å². The number of ether oxygens (including phenoxy) is 1. The largest absolute Gasteiger partial charge is 0.379 e. The predicted octanol–water partition coefficient (Wildman–Crippen LogP) is 1.79. The van der Waals surface area contributed by atoms with Crippen LogP contribution in [0.4, 0.5) is 0 Å². The van der Waals surface area contributed by atoms with Crippen molar-refractivity contribution in [1.29, 1.82) is 0 Å². The van der Waals surface area contributed by atoms with Crippen LogP contribution in [0, 0.1) is 5.92 Å². The quantitative estimate of drug-likeness (QED) is 0.716. The van der Waals surface area contributed by atoms with Crippen molar-refractivity contribution in [2.45, 2.75) is 51.5 Å². The van der Waals surface area contributed by atoms with Crippen molar-refractivity contribution in [3.63, 3.8) is 0 Å². The third-order valence-corrected chi connectivity index (χ3v) is 4.16. The van der Waals surface area contributed by atoms with Crippen LogP contribution in [0.15, 0.2) is 0 Å². The Morgan fingerprint density at radius 3 is 2.58 bits per heavy atom. The molecule has 4 heteroatoms. The van der Waals surface area contributed by atoms with Crippen LogP contribution in [-0.4, -0.2) is 49.7 Å². The SMILES string of the molecule is C[C@@H](C(=O)NCCOCC1CC1)N1CCCCCC1. The third-order valence-electron chi connectivity index (χ3n) is 4.16. The first kappa shape index (κ1) is 14.8. The van der Waals surface area contributed by atoms with E-state index in [-0.39, 0.29) is 11.9 Å². The zero-order valence-electron chi connectivity index (χ0n) is 12.2. The Bertz CT molecular complexity index is 271. The molecule has 1 heterocycles. The van der Waals surface area contributed by atoms with E-state index in [2.05, 4.69) is 10.2 Å². The van der Waals surface area contributed by atoms with Crippen molar-refractivity contribution in [2.75, 3.05) is 32.8 Å². The normalized spacial score (nSPS) is 22.8. The maximum absolute atomic E-state index is 12.1. The van der Waals surface area contributed by atoms with Crippen LogP contribution >= 0.6 is 0 Å². The summed E-state index contributed by atoms with van der Waals surface area (Å²) >= 11 is 0. The first-order chi connectivity index (χ1) is 9.27. The molecule has 2 rings (SSSR count). The number of hydrogen-bond donors (Lipinski definition) is 1. The molecule has 4 nitrogen and oxygen atoms in total. The van der Waals surface area contributed by atoms with E-state index in [1.165, 1.54) is 38.5 Å². The van der Waals surface area contributed by atoms with Gasteiger partial charge in [0.2, 0.25) is 5.91 Å². The van der Waals surface area contributed by atoms with Crippen LogP contribution in [0.3, 0.4) is 0 Å². The second-order valence-corrected chi connectivity index (χ2v) is 5.94. The molecule has 1 aliphatic carbocycles. The van der Waals surface area contributed by atoms with Crippen molar-refractivity contribution in [3.8, 4) is 0 Å². The van der Waals surface area contributed by atoms with Gasteiger partial charge < -0.3 is 10.1 Å². The fraction of sp³-hybridized carbons (Fsp3) is 0.933. The van der Waals surface area contributed by atoms with Crippen molar-refractivity contribution >= 4 is 5.91 Å². The van der Waals surface area contributed by atoms with Crippen molar-refractivity contribution in [2.24, 2.45) is 5.92 Å². The second kappa shape index (κ2) is 7.85. The van der Waals surface area contributed by atoms with Gasteiger partial charge in [-0.1, -0.05) is 12.8 Å². The molecule has 0 aromatic carbocycles. The van der Waals surface area contributed by atoms with Gasteiger partial charge in [0.25, 0.3) is 0 Å². The summed E-state index contributed by atoms with van der Waals surface area (Å²) < 4.78 is 5.52. The van der Waals surface area contributed by atoms with Gasteiger partial charge in [0.15, 0.2) is 0 Å². The molecule has 1 N–H and O–H groups in total. The standard InChI is InChI=1S/C15H28N2O2/c1-13(17-9-4-2-3-5-10-17)15(18)16-8-11-19-12-14-6-7-14/h13-14H,2-12H2,1H3,(H,16,18)/t13-/m0/s1. The van der Waals surface area contributed by atoms with Gasteiger partial charge >= 0.3 is 0 Å². The van der Waals surface area contributed by atoms with E-state index < -0.39 is 0 Å². The fourth-order valence-electron chi connectivity index (χ4n) is 2.58. The molecule has 0 spiro atoms. The number of rotatable bonds is 7. The molecule has 1 saturated heterocycles. The lowest BCUT2D eigenvalue weighted by Crippen LogP contribution is -2.46. The number of likely N-dealkylation sites (tertiary alicyclic amines) is 1. The van der Waals surface area contributed by atoms with Gasteiger partial charge in [-0.25, -0.2) is 0 Å². The molecule has 0 bridgehead atoms. The highest BCUT2D eigenvalue weighted by atomic mass is 16.5. The van der Waals surface area contributed by atoms with Gasteiger partial charge in [0.1, 0.15) is 0 Å². The van der Waals surface area contributed by atoms with Crippen molar-refractivity contribution in [3.05, 3.63) is 0 Å². The molecule has 0 radical (unpaired) electrons. The molecule has 110 valence electrons. The Morgan fingerprint density at radius 2 is 1.95 bits per heavy atom. The zero-order chi connectivity index (χ0) is 13.5. The molecule has 1 atom stereocenters. The summed E-state index contributed by atoms with van der Waals surface area (Å²) in [5.74, 6) is 0.948. The molecular formula is C15H28N2O2. The van der Waals surface area contributed by atoms with Crippen LogP contribution in [0.1, 0.15) is 45.4 Å². The molecule has 1 amide bonds. The van der Waals surface area contributed by atoms with E-state index in [0.717, 1.165) is 25.6 Å². The molecule has 1 aliphatic heterocycles. The lowest BCUT2D eigenvalue weighted by Gasteiger charge is -2.26. The number of nitrogens with zero attached hydrogens (tertiary/aromatic N) is 1. The lowest BCUT2D eigenvalue weighted by atomic mass is 10.2. The van der Waals surface area contributed by atoms with Gasteiger partial charge in [0, 0.05) is 13.2 Å². The summed E-state index contributed by atoms with van der Waals surface area (Å²) in [6.07, 6.45) is 7.70. The van der Waals surface area contributed by atoms with Gasteiger partial charge in [-0.05, 0) is 51.6 Å². The maximum atomic E-state index is 12.1. The molecular weight excluding hydrogens is 240 g/mol. The first-order valence-corrected chi connectivity index (χ1v) is 7.87. The van der Waals surface area contributed by atoms with Gasteiger partial charge in [-0.2, -0.15) is 0 Å². The molecule has 1 saturated carbocycles. The Balaban J connectivity index is 1.57. The summed E-state index contributed by atoms with van der Waals surface area (Å²) in [4.78, 5) is 14.4. The Labute approximate surface area is 116 Å². The molecule has 2 aliphatic rings. The highest BCUT2D eigenvalue weighted by molar-refractivity contribution is 5.81. The van der Waals surface area contributed by atoms with E-state index in [1.54, 1.807) is 0 Å². The van der Waals surface area contributed by atoms with Gasteiger partial charge in [-0.15, -0.1) is 0 Å². The zero-order valence-corrected chi connectivity index (χ0v) is 12.2. The van der Waals surface area contributed by atoms with E-state index in [0.29, 0.717) is 13.2 Å². The summed E-state index contributed by atoms with van der Waals surface area (Å²) in [5, 5.41) is 2.99. The topological polar surface area (TPSA) is 41.6 Å². The number of carbonyl (C=O) groups is 1. The Hall–Kier alpha value is -0.610. The van der Waals surface area contributed by atoms with Crippen molar-refractivity contribution in [1.82, 2.24) is 10.2 Å². The van der Waals surface area contributed by atoms with E-state index in [9.17, 15) is 4.79 Å². The maximum Gasteiger partial charge on any atom is 0.237 e. The van der Waals surface area contributed by atoms with Crippen LogP contribution in [0.25, 0.3) is 0 Å². The predicted molar refractivity (Wildman–Crippen MR) is 76.1 cm³/mol. The molecule has 19 heavy (non-hydrogen) atoms. The van der Waals surface area contributed by atoms with Crippen molar-refractivity contribution < 1.29 is 9.53 Å². The first-order valence-electron chi connectivity index (χ1n) is 7.87. The number of hydrogen-bond acceptors (Lipinski definition) is 3. The Kier molecular flexibility index (Phi) is 6.11. The number of carbonyl (C=O) groups excluding carboxylic acids is 1. The van der Waals surface area contributed by atoms with Crippen LogP contribution in [0.2, 0.25) is 0 Å². The van der Waals surface area contributed by atoms with Crippen LogP contribution in [0.5, 0.6) is 0 Å². The average molecular weight is 268 g/mol. The molecule has 0 aromatic heterocycles. The average Bonchev–Trinajstić information content (AvgIpc) is 3.23. The summed E-state index contributed by atoms with van der Waals surface area (Å²) in [6.45, 7) is 6.31. The Morgan fingerprint density at radius 1 is 1.26 bits per heavy atom. The van der Waals surface area contributed by atoms with Gasteiger partial charge in [0.05, 0.1) is 12.6 Å². The highest BCUT2D eigenvalue weighted by Gasteiger charge is 2.22. The number of nitrogens with one attached hydrogen (secondary N) is 1. The fourth-order valence-corrected chi connectivity index (χ4v) is 2.58. The van der Waals surface area contributed by atoms with E-state index >= 15 is 0 Å². The van der Waals surface area contributed by atoms with Crippen LogP contribution in [-0.2, 0) is 9.53 Å². The minimum absolute atomic E-state index is 0.00142. The second-order valence-electron chi connectivity index (χ2n) is 5.94. The van der Waals surface area contributed by atoms with E-state index in [1.807, 2.05) is 6.92 Å². The monoisotopic (exact) mass is 268 g/mol. The van der Waals surface area contributed by atoms with Gasteiger partial charge in [-0.3, -0.25) is 9.69 Å².